The molecule has 0 radical (unpaired) electrons. The van der Waals surface area contributed by atoms with Crippen LogP contribution >= 0.6 is 0 Å². The molecule has 0 saturated carbocycles. The van der Waals surface area contributed by atoms with Gasteiger partial charge >= 0.3 is 0 Å². The predicted octanol–water partition coefficient (Wildman–Crippen LogP) is 1.13. The zero-order valence-corrected chi connectivity index (χ0v) is 13.1. The zero-order chi connectivity index (χ0) is 14.8. The minimum absolute atomic E-state index is 0.0655. The number of likely N-dealkylation sites (N-methyl/N-ethyl adjacent to an activating group) is 1. The van der Waals surface area contributed by atoms with Crippen LogP contribution in [0.4, 0.5) is 5.95 Å². The highest BCUT2D eigenvalue weighted by Crippen LogP contribution is 2.21. The number of anilines is 1. The molecule has 6 nitrogen and oxygen atoms in total. The fourth-order valence-electron chi connectivity index (χ4n) is 2.55. The van der Waals surface area contributed by atoms with Gasteiger partial charge in [-0.3, -0.25) is 0 Å². The average molecular weight is 281 g/mol. The van der Waals surface area contributed by atoms with E-state index in [1.165, 1.54) is 0 Å². The van der Waals surface area contributed by atoms with Crippen LogP contribution in [0.5, 0.6) is 0 Å². The van der Waals surface area contributed by atoms with Gasteiger partial charge in [-0.25, -0.2) is 0 Å². The van der Waals surface area contributed by atoms with E-state index in [-0.39, 0.29) is 11.5 Å². The number of piperazine rings is 1. The van der Waals surface area contributed by atoms with Crippen molar-refractivity contribution >= 4 is 5.95 Å². The van der Waals surface area contributed by atoms with E-state index < -0.39 is 0 Å². The quantitative estimate of drug-likeness (QED) is 0.892. The molecular formula is C14H27N5O. The lowest BCUT2D eigenvalue weighted by Crippen LogP contribution is -2.44. The van der Waals surface area contributed by atoms with Gasteiger partial charge in [-0.15, -0.1) is 0 Å². The van der Waals surface area contributed by atoms with Gasteiger partial charge in [-0.2, -0.15) is 4.98 Å². The van der Waals surface area contributed by atoms with Crippen molar-refractivity contribution in [2.24, 2.45) is 11.1 Å². The molecule has 2 rings (SSSR count). The first kappa shape index (κ1) is 15.3. The van der Waals surface area contributed by atoms with Crippen LogP contribution in [0.15, 0.2) is 4.52 Å². The SMILES string of the molecule is CN1CCN(c2noc(CC(N)CC(C)(C)C)n2)CC1. The second-order valence-corrected chi connectivity index (χ2v) is 7.01. The summed E-state index contributed by atoms with van der Waals surface area (Å²) >= 11 is 0. The van der Waals surface area contributed by atoms with Crippen molar-refractivity contribution in [3.05, 3.63) is 5.89 Å². The molecule has 0 bridgehead atoms. The van der Waals surface area contributed by atoms with Crippen molar-refractivity contribution in [1.29, 1.82) is 0 Å². The highest BCUT2D eigenvalue weighted by atomic mass is 16.5. The fourth-order valence-corrected chi connectivity index (χ4v) is 2.55. The number of aromatic nitrogens is 2. The van der Waals surface area contributed by atoms with Crippen molar-refractivity contribution in [2.45, 2.75) is 39.7 Å². The van der Waals surface area contributed by atoms with Crippen molar-refractivity contribution in [1.82, 2.24) is 15.0 Å². The highest BCUT2D eigenvalue weighted by Gasteiger charge is 2.21. The van der Waals surface area contributed by atoms with Gasteiger partial charge < -0.3 is 20.1 Å². The van der Waals surface area contributed by atoms with E-state index in [1.807, 2.05) is 0 Å². The van der Waals surface area contributed by atoms with Gasteiger partial charge in [0.05, 0.1) is 0 Å². The number of hydrogen-bond donors (Lipinski definition) is 1. The maximum absolute atomic E-state index is 6.15. The highest BCUT2D eigenvalue weighted by molar-refractivity contribution is 5.28. The van der Waals surface area contributed by atoms with Crippen LogP contribution in [0.2, 0.25) is 0 Å². The van der Waals surface area contributed by atoms with E-state index in [0.717, 1.165) is 32.6 Å². The molecule has 1 aromatic heterocycles. The smallest absolute Gasteiger partial charge is 0.266 e. The molecule has 0 aliphatic carbocycles. The molecule has 1 unspecified atom stereocenters. The van der Waals surface area contributed by atoms with E-state index in [0.29, 0.717) is 18.3 Å². The number of nitrogens with zero attached hydrogens (tertiary/aromatic N) is 4. The monoisotopic (exact) mass is 281 g/mol. The summed E-state index contributed by atoms with van der Waals surface area (Å²) in [5.41, 5.74) is 6.37. The standard InChI is InChI=1S/C14H27N5O/c1-14(2,3)10-11(15)9-12-16-13(17-20-12)19-7-5-18(4)6-8-19/h11H,5-10,15H2,1-4H3. The summed E-state index contributed by atoms with van der Waals surface area (Å²) in [5, 5.41) is 4.08. The van der Waals surface area contributed by atoms with Crippen LogP contribution in [0, 0.1) is 5.41 Å². The third-order valence-electron chi connectivity index (χ3n) is 3.55. The van der Waals surface area contributed by atoms with Crippen molar-refractivity contribution < 1.29 is 4.52 Å². The molecule has 20 heavy (non-hydrogen) atoms. The summed E-state index contributed by atoms with van der Waals surface area (Å²) in [6.45, 7) is 10.5. The average Bonchev–Trinajstić information content (AvgIpc) is 2.75. The maximum Gasteiger partial charge on any atom is 0.266 e. The molecule has 1 aliphatic rings. The molecule has 2 heterocycles. The minimum atomic E-state index is 0.0655. The maximum atomic E-state index is 6.15. The Labute approximate surface area is 121 Å². The Morgan fingerprint density at radius 2 is 1.90 bits per heavy atom. The van der Waals surface area contributed by atoms with Crippen LogP contribution in [0.1, 0.15) is 33.1 Å². The summed E-state index contributed by atoms with van der Waals surface area (Å²) in [7, 11) is 2.13. The van der Waals surface area contributed by atoms with Gasteiger partial charge in [-0.05, 0) is 24.0 Å². The Morgan fingerprint density at radius 1 is 1.25 bits per heavy atom. The Balaban J connectivity index is 1.89. The largest absolute Gasteiger partial charge is 0.337 e. The number of hydrogen-bond acceptors (Lipinski definition) is 6. The van der Waals surface area contributed by atoms with E-state index in [1.54, 1.807) is 0 Å². The van der Waals surface area contributed by atoms with Gasteiger partial charge in [0.15, 0.2) is 0 Å². The normalized spacial score (nSPS) is 19.4. The number of rotatable bonds is 4. The Hall–Kier alpha value is -1.14. The lowest BCUT2D eigenvalue weighted by molar-refractivity contribution is 0.305. The molecule has 0 aromatic carbocycles. The van der Waals surface area contributed by atoms with Gasteiger partial charge in [0, 0.05) is 38.6 Å². The summed E-state index contributed by atoms with van der Waals surface area (Å²) in [6.07, 6.45) is 1.59. The second-order valence-electron chi connectivity index (χ2n) is 7.01. The third-order valence-corrected chi connectivity index (χ3v) is 3.55. The Kier molecular flexibility index (Phi) is 4.65. The van der Waals surface area contributed by atoms with Crippen molar-refractivity contribution in [3.8, 4) is 0 Å². The van der Waals surface area contributed by atoms with Crippen molar-refractivity contribution in [3.63, 3.8) is 0 Å². The molecule has 1 aromatic rings. The molecule has 0 spiro atoms. The van der Waals surface area contributed by atoms with Crippen LogP contribution in [-0.2, 0) is 6.42 Å². The predicted molar refractivity (Wildman–Crippen MR) is 79.8 cm³/mol. The topological polar surface area (TPSA) is 71.4 Å². The lowest BCUT2D eigenvalue weighted by Gasteiger charge is -2.31. The minimum Gasteiger partial charge on any atom is -0.337 e. The van der Waals surface area contributed by atoms with E-state index >= 15 is 0 Å². The first-order chi connectivity index (χ1) is 9.33. The zero-order valence-electron chi connectivity index (χ0n) is 13.1. The summed E-state index contributed by atoms with van der Waals surface area (Å²) < 4.78 is 5.33. The third kappa shape index (κ3) is 4.45. The van der Waals surface area contributed by atoms with Gasteiger partial charge in [-0.1, -0.05) is 20.8 Å². The molecule has 114 valence electrons. The lowest BCUT2D eigenvalue weighted by atomic mass is 9.87. The summed E-state index contributed by atoms with van der Waals surface area (Å²) in [6, 6.07) is 0.0655. The van der Waals surface area contributed by atoms with Gasteiger partial charge in [0.25, 0.3) is 5.95 Å². The Bertz CT molecular complexity index is 417. The van der Waals surface area contributed by atoms with Gasteiger partial charge in [0.2, 0.25) is 5.89 Å². The van der Waals surface area contributed by atoms with E-state index in [2.05, 4.69) is 47.8 Å². The molecule has 1 saturated heterocycles. The molecule has 2 N–H and O–H groups in total. The molecule has 1 atom stereocenters. The Morgan fingerprint density at radius 3 is 2.50 bits per heavy atom. The fraction of sp³-hybridized carbons (Fsp3) is 0.857. The van der Waals surface area contributed by atoms with Crippen LogP contribution in [-0.4, -0.2) is 54.3 Å². The van der Waals surface area contributed by atoms with Crippen LogP contribution in [0.25, 0.3) is 0 Å². The van der Waals surface area contributed by atoms with Crippen molar-refractivity contribution in [2.75, 3.05) is 38.1 Å². The molecular weight excluding hydrogens is 254 g/mol. The summed E-state index contributed by atoms with van der Waals surface area (Å²) in [4.78, 5) is 8.95. The first-order valence-electron chi connectivity index (χ1n) is 7.35. The van der Waals surface area contributed by atoms with Crippen LogP contribution in [0.3, 0.4) is 0 Å². The molecule has 1 fully saturated rings. The van der Waals surface area contributed by atoms with Crippen LogP contribution < -0.4 is 10.6 Å². The number of nitrogens with two attached hydrogens (primary N) is 1. The second kappa shape index (κ2) is 6.10. The van der Waals surface area contributed by atoms with E-state index in [9.17, 15) is 0 Å². The van der Waals surface area contributed by atoms with Gasteiger partial charge in [0.1, 0.15) is 0 Å². The van der Waals surface area contributed by atoms with E-state index in [4.69, 9.17) is 10.3 Å². The first-order valence-corrected chi connectivity index (χ1v) is 7.35. The molecule has 6 heteroatoms. The molecule has 0 amide bonds. The summed E-state index contributed by atoms with van der Waals surface area (Å²) in [5.74, 6) is 1.35. The molecule has 1 aliphatic heterocycles.